The van der Waals surface area contributed by atoms with Gasteiger partial charge in [-0.3, -0.25) is 14.4 Å². The molecule has 0 saturated carbocycles. The van der Waals surface area contributed by atoms with Crippen molar-refractivity contribution in [2.24, 2.45) is 5.92 Å². The van der Waals surface area contributed by atoms with Gasteiger partial charge in [0.2, 0.25) is 11.7 Å². The van der Waals surface area contributed by atoms with Crippen LogP contribution in [0.5, 0.6) is 0 Å². The Balaban J connectivity index is 1.71. The number of hydrogen-bond donors (Lipinski definition) is 1. The Labute approximate surface area is 204 Å². The van der Waals surface area contributed by atoms with Gasteiger partial charge in [-0.15, -0.1) is 0 Å². The number of Topliss-reactive ketones (excluding diaryl/α,β-unsaturated/α-hetero) is 1. The summed E-state index contributed by atoms with van der Waals surface area (Å²) in [5.41, 5.74) is 1.83. The molecule has 2 amide bonds. The van der Waals surface area contributed by atoms with Gasteiger partial charge in [0.15, 0.2) is 6.10 Å². The van der Waals surface area contributed by atoms with Crippen LogP contribution in [0.4, 0.5) is 11.4 Å². The van der Waals surface area contributed by atoms with Gasteiger partial charge >= 0.3 is 5.97 Å². The first kappa shape index (κ1) is 25.4. The predicted molar refractivity (Wildman–Crippen MR) is 135 cm³/mol. The van der Waals surface area contributed by atoms with Crippen molar-refractivity contribution in [3.63, 3.8) is 0 Å². The highest BCUT2D eigenvalue weighted by molar-refractivity contribution is 6.12. The van der Waals surface area contributed by atoms with Crippen LogP contribution in [0.3, 0.4) is 0 Å². The molecular formula is C28H28N2O5. The Morgan fingerprint density at radius 3 is 1.94 bits per heavy atom. The summed E-state index contributed by atoms with van der Waals surface area (Å²) >= 11 is 0. The van der Waals surface area contributed by atoms with Gasteiger partial charge in [-0.1, -0.05) is 44.2 Å². The van der Waals surface area contributed by atoms with Gasteiger partial charge < -0.3 is 15.0 Å². The van der Waals surface area contributed by atoms with E-state index in [1.54, 1.807) is 75.5 Å². The maximum absolute atomic E-state index is 13.1. The molecule has 1 unspecified atom stereocenters. The van der Waals surface area contributed by atoms with Gasteiger partial charge in [0.25, 0.3) is 5.91 Å². The first-order valence-corrected chi connectivity index (χ1v) is 11.3. The zero-order valence-electron chi connectivity index (χ0n) is 20.1. The molecule has 0 spiro atoms. The van der Waals surface area contributed by atoms with E-state index < -0.39 is 17.9 Å². The van der Waals surface area contributed by atoms with Gasteiger partial charge in [0.05, 0.1) is 11.1 Å². The van der Waals surface area contributed by atoms with E-state index in [1.807, 2.05) is 18.2 Å². The molecule has 3 aromatic rings. The molecule has 3 rings (SSSR count). The summed E-state index contributed by atoms with van der Waals surface area (Å²) in [7, 11) is 1.62. The lowest BCUT2D eigenvalue weighted by atomic mass is 10.0. The number of amides is 2. The minimum atomic E-state index is -1.08. The van der Waals surface area contributed by atoms with Crippen LogP contribution in [0.25, 0.3) is 0 Å². The zero-order chi connectivity index (χ0) is 25.5. The summed E-state index contributed by atoms with van der Waals surface area (Å²) in [5.74, 6) is -1.83. The van der Waals surface area contributed by atoms with Crippen molar-refractivity contribution in [2.45, 2.75) is 26.9 Å². The molecule has 0 bridgehead atoms. The fourth-order valence-corrected chi connectivity index (χ4v) is 3.31. The zero-order valence-corrected chi connectivity index (χ0v) is 20.1. The molecule has 0 aliphatic heterocycles. The quantitative estimate of drug-likeness (QED) is 0.368. The Morgan fingerprint density at radius 1 is 0.771 bits per heavy atom. The fraction of sp³-hybridized carbons (Fsp3) is 0.214. The monoisotopic (exact) mass is 472 g/mol. The van der Waals surface area contributed by atoms with Crippen molar-refractivity contribution in [2.75, 3.05) is 17.3 Å². The van der Waals surface area contributed by atoms with Crippen LogP contribution in [0.15, 0.2) is 78.9 Å². The molecule has 0 heterocycles. The van der Waals surface area contributed by atoms with Gasteiger partial charge in [-0.25, -0.2) is 4.79 Å². The van der Waals surface area contributed by atoms with Crippen molar-refractivity contribution in [3.8, 4) is 0 Å². The number of rotatable bonds is 8. The number of hydrogen-bond acceptors (Lipinski definition) is 5. The summed E-state index contributed by atoms with van der Waals surface area (Å²) < 4.78 is 5.43. The number of ketones is 1. The molecule has 0 saturated heterocycles. The lowest BCUT2D eigenvalue weighted by Crippen LogP contribution is -2.29. The van der Waals surface area contributed by atoms with Crippen LogP contribution in [-0.4, -0.2) is 36.7 Å². The standard InChI is InChI=1S/C28H28N2O5/c1-18(2)26(32)29-21-16-14-20(15-17-21)25(31)19(3)35-28(34)24-13-9-8-12-23(24)27(33)30(4)22-10-6-5-7-11-22/h5-19H,1-4H3,(H,29,32). The van der Waals surface area contributed by atoms with Crippen molar-refractivity contribution in [1.82, 2.24) is 0 Å². The van der Waals surface area contributed by atoms with Gasteiger partial charge in [-0.05, 0) is 55.5 Å². The number of nitrogens with one attached hydrogen (secondary N) is 1. The van der Waals surface area contributed by atoms with E-state index in [0.29, 0.717) is 16.9 Å². The molecule has 0 aliphatic rings. The van der Waals surface area contributed by atoms with Crippen LogP contribution in [-0.2, 0) is 9.53 Å². The number of carbonyl (C=O) groups excluding carboxylic acids is 4. The highest BCUT2D eigenvalue weighted by Gasteiger charge is 2.25. The molecule has 1 N–H and O–H groups in total. The van der Waals surface area contributed by atoms with E-state index in [9.17, 15) is 19.2 Å². The topological polar surface area (TPSA) is 92.8 Å². The number of nitrogens with zero attached hydrogens (tertiary/aromatic N) is 1. The molecule has 180 valence electrons. The number of esters is 1. The van der Waals surface area contributed by atoms with Crippen LogP contribution in [0, 0.1) is 5.92 Å². The molecule has 3 aromatic carbocycles. The third-order valence-electron chi connectivity index (χ3n) is 5.44. The Morgan fingerprint density at radius 2 is 1.34 bits per heavy atom. The maximum atomic E-state index is 13.1. The average molecular weight is 473 g/mol. The van der Waals surface area contributed by atoms with Crippen molar-refractivity contribution in [1.29, 1.82) is 0 Å². The first-order chi connectivity index (χ1) is 16.7. The Hall–Kier alpha value is -4.26. The summed E-state index contributed by atoms with van der Waals surface area (Å²) in [6.45, 7) is 5.05. The molecule has 1 atom stereocenters. The second-order valence-electron chi connectivity index (χ2n) is 8.38. The fourth-order valence-electron chi connectivity index (χ4n) is 3.31. The van der Waals surface area contributed by atoms with Gasteiger partial charge in [-0.2, -0.15) is 0 Å². The molecule has 0 fully saturated rings. The van der Waals surface area contributed by atoms with E-state index in [2.05, 4.69) is 5.32 Å². The largest absolute Gasteiger partial charge is 0.451 e. The van der Waals surface area contributed by atoms with E-state index in [0.717, 1.165) is 0 Å². The molecule has 0 aliphatic carbocycles. The van der Waals surface area contributed by atoms with E-state index in [-0.39, 0.29) is 28.9 Å². The second-order valence-corrected chi connectivity index (χ2v) is 8.38. The smallest absolute Gasteiger partial charge is 0.339 e. The van der Waals surface area contributed by atoms with Crippen LogP contribution >= 0.6 is 0 Å². The third-order valence-corrected chi connectivity index (χ3v) is 5.44. The van der Waals surface area contributed by atoms with E-state index >= 15 is 0 Å². The lowest BCUT2D eigenvalue weighted by Gasteiger charge is -2.19. The van der Waals surface area contributed by atoms with Gasteiger partial charge in [0, 0.05) is 29.9 Å². The number of carbonyl (C=O) groups is 4. The van der Waals surface area contributed by atoms with Crippen molar-refractivity contribution < 1.29 is 23.9 Å². The second kappa shape index (κ2) is 11.2. The number of ether oxygens (including phenoxy) is 1. The Kier molecular flexibility index (Phi) is 8.15. The van der Waals surface area contributed by atoms with Gasteiger partial charge in [0.1, 0.15) is 0 Å². The van der Waals surface area contributed by atoms with E-state index in [4.69, 9.17) is 4.74 Å². The highest BCUT2D eigenvalue weighted by atomic mass is 16.5. The van der Waals surface area contributed by atoms with Crippen molar-refractivity contribution in [3.05, 3.63) is 95.6 Å². The Bertz CT molecular complexity index is 1220. The third kappa shape index (κ3) is 6.20. The highest BCUT2D eigenvalue weighted by Crippen LogP contribution is 2.20. The minimum absolute atomic E-state index is 0.0756. The minimum Gasteiger partial charge on any atom is -0.451 e. The van der Waals surface area contributed by atoms with Crippen LogP contribution in [0.2, 0.25) is 0 Å². The molecule has 7 heteroatoms. The molecule has 0 aromatic heterocycles. The number of anilines is 2. The summed E-state index contributed by atoms with van der Waals surface area (Å²) in [5, 5.41) is 2.76. The average Bonchev–Trinajstić information content (AvgIpc) is 2.88. The summed E-state index contributed by atoms with van der Waals surface area (Å²) in [6.07, 6.45) is -1.08. The number of benzene rings is 3. The van der Waals surface area contributed by atoms with Crippen LogP contribution in [0.1, 0.15) is 51.8 Å². The first-order valence-electron chi connectivity index (χ1n) is 11.3. The molecule has 0 radical (unpaired) electrons. The van der Waals surface area contributed by atoms with Crippen molar-refractivity contribution >= 4 is 34.9 Å². The maximum Gasteiger partial charge on any atom is 0.339 e. The normalized spacial score (nSPS) is 11.5. The lowest BCUT2D eigenvalue weighted by molar-refractivity contribution is -0.118. The predicted octanol–water partition coefficient (Wildman–Crippen LogP) is 4.99. The molecular weight excluding hydrogens is 444 g/mol. The molecule has 7 nitrogen and oxygen atoms in total. The van der Waals surface area contributed by atoms with Crippen LogP contribution < -0.4 is 10.2 Å². The van der Waals surface area contributed by atoms with E-state index in [1.165, 1.54) is 17.9 Å². The SMILES string of the molecule is CC(C)C(=O)Nc1ccc(C(=O)C(C)OC(=O)c2ccccc2C(=O)N(C)c2ccccc2)cc1. The summed E-state index contributed by atoms with van der Waals surface area (Å²) in [4.78, 5) is 52.1. The number of para-hydroxylation sites is 1. The summed E-state index contributed by atoms with van der Waals surface area (Å²) in [6, 6.07) is 21.8. The molecule has 35 heavy (non-hydrogen) atoms.